The van der Waals surface area contributed by atoms with Crippen LogP contribution in [0.25, 0.3) is 0 Å². The molecule has 8 fully saturated rings. The van der Waals surface area contributed by atoms with E-state index in [2.05, 4.69) is 16.0 Å². The van der Waals surface area contributed by atoms with E-state index in [1.165, 1.54) is 78.6 Å². The molecular formula is C75H116F8N12O13. The standard InChI is InChI=1S/C75H116F8N12O13/c1-12-45(4)61-68(104)88(7)43-59(98)89(8)53-21-15-16-31-94(67(53)103)56(40-46-22-25-49(26-23-46)74(78,79)80)65(101)87(6)42-57(96)84-52(27-24-47-38-50(76)60(51(77)39-47)75(81,82)83)64(100)95-32-18-28-72(95,5)70(106)86-73(29-17-30-73)71(107)92(11)62(48-19-13-14-20-48)69(105)91(10)55(66(102)93-33-35-108-36-34-93)41-58(97)90(9)54(37-44(2)3)63(99)85-61/h44-56,60-62H,12-43H2,1-11H3,(H,84,96)(H,85,99)(H,86,106)/t45-,46?,47?,49?,50?,51?,52-,53-,54-,55-,56-,60?,61-,62-,72-/m0/s1. The van der Waals surface area contributed by atoms with Gasteiger partial charge in [0, 0.05) is 68.5 Å². The van der Waals surface area contributed by atoms with Gasteiger partial charge in [-0.25, -0.2) is 8.78 Å². The Hall–Kier alpha value is -6.96. The third-order valence-electron chi connectivity index (χ3n) is 25.0. The second-order valence-electron chi connectivity index (χ2n) is 32.9. The summed E-state index contributed by atoms with van der Waals surface area (Å²) in [5.74, 6) is -16.5. The Morgan fingerprint density at radius 3 is 1.79 bits per heavy atom. The van der Waals surface area contributed by atoms with Crippen LogP contribution in [0, 0.1) is 41.4 Å². The van der Waals surface area contributed by atoms with Gasteiger partial charge in [0.05, 0.1) is 38.6 Å². The third kappa shape index (κ3) is 20.0. The average molecular weight is 1550 g/mol. The third-order valence-corrected chi connectivity index (χ3v) is 25.0. The zero-order valence-electron chi connectivity index (χ0n) is 64.7. The number of morpholine rings is 1. The molecule has 0 aromatic carbocycles. The Balaban J connectivity index is 1.19. The summed E-state index contributed by atoms with van der Waals surface area (Å²) in [4.78, 5) is 193. The van der Waals surface area contributed by atoms with Crippen LogP contribution >= 0.6 is 0 Å². The fraction of sp³-hybridized carbons (Fsp3) is 0.840. The summed E-state index contributed by atoms with van der Waals surface area (Å²) in [6.07, 6.45) is -14.3. The topological polar surface area (TPSA) is 279 Å². The minimum Gasteiger partial charge on any atom is -0.378 e. The molecule has 0 aromatic heterocycles. The summed E-state index contributed by atoms with van der Waals surface area (Å²) in [6, 6.07) is -9.71. The lowest BCUT2D eigenvalue weighted by Crippen LogP contribution is -2.70. The largest absolute Gasteiger partial charge is 0.397 e. The number of likely N-dealkylation sites (N-methyl/N-ethyl adjacent to an activating group) is 6. The van der Waals surface area contributed by atoms with Gasteiger partial charge in [-0.1, -0.05) is 47.0 Å². The molecule has 0 aromatic rings. The lowest BCUT2D eigenvalue weighted by Gasteiger charge is -2.48. The predicted octanol–water partition coefficient (Wildman–Crippen LogP) is 6.33. The number of carbonyl (C=O) groups is 12. The molecule has 3 N–H and O–H groups in total. The molecule has 11 atom stereocenters. The number of rotatable bonds is 11. The molecule has 4 heterocycles. The Morgan fingerprint density at radius 2 is 1.21 bits per heavy atom. The van der Waals surface area contributed by atoms with Crippen molar-refractivity contribution in [3.63, 3.8) is 0 Å². The molecular weight excluding hydrogens is 1430 g/mol. The fourth-order valence-corrected chi connectivity index (χ4v) is 17.8. The van der Waals surface area contributed by atoms with E-state index in [-0.39, 0.29) is 129 Å². The highest BCUT2D eigenvalue weighted by Gasteiger charge is 2.58. The van der Waals surface area contributed by atoms with Gasteiger partial charge in [0.2, 0.25) is 70.9 Å². The molecule has 4 aliphatic carbocycles. The molecule has 25 nitrogen and oxygen atoms in total. The molecule has 2 bridgehead atoms. The van der Waals surface area contributed by atoms with Crippen molar-refractivity contribution in [3.8, 4) is 0 Å². The van der Waals surface area contributed by atoms with Crippen molar-refractivity contribution in [3.05, 3.63) is 0 Å². The number of fused-ring (bicyclic) bond motifs is 3. The molecule has 610 valence electrons. The average Bonchev–Trinajstić information content (AvgIpc) is 1.26. The molecule has 4 saturated heterocycles. The summed E-state index contributed by atoms with van der Waals surface area (Å²) in [5.41, 5.74) is -3.46. The Kier molecular flexibility index (Phi) is 29.3. The van der Waals surface area contributed by atoms with Gasteiger partial charge >= 0.3 is 12.4 Å². The van der Waals surface area contributed by atoms with E-state index in [0.717, 1.165) is 14.7 Å². The zero-order valence-corrected chi connectivity index (χ0v) is 64.7. The van der Waals surface area contributed by atoms with Crippen LogP contribution in [0.3, 0.4) is 0 Å². The molecule has 0 radical (unpaired) electrons. The first-order valence-electron chi connectivity index (χ1n) is 39.0. The fourth-order valence-electron chi connectivity index (χ4n) is 17.8. The van der Waals surface area contributed by atoms with Crippen LogP contribution in [0.4, 0.5) is 35.1 Å². The number of hydrogen-bond donors (Lipinski definition) is 3. The van der Waals surface area contributed by atoms with E-state index in [1.807, 2.05) is 13.8 Å². The first-order chi connectivity index (χ1) is 50.6. The zero-order chi connectivity index (χ0) is 79.8. The first kappa shape index (κ1) is 86.6. The van der Waals surface area contributed by atoms with Gasteiger partial charge in [0.1, 0.15) is 71.6 Å². The van der Waals surface area contributed by atoms with Crippen molar-refractivity contribution >= 4 is 70.9 Å². The molecule has 8 aliphatic rings. The predicted molar refractivity (Wildman–Crippen MR) is 379 cm³/mol. The van der Waals surface area contributed by atoms with Crippen LogP contribution < -0.4 is 16.0 Å². The minimum atomic E-state index is -5.20. The van der Waals surface area contributed by atoms with E-state index in [1.54, 1.807) is 13.8 Å². The lowest BCUT2D eigenvalue weighted by molar-refractivity contribution is -0.219. The van der Waals surface area contributed by atoms with Crippen molar-refractivity contribution in [2.75, 3.05) is 94.8 Å². The summed E-state index contributed by atoms with van der Waals surface area (Å²) in [5, 5.41) is 8.50. The number of nitrogens with zero attached hydrogens (tertiary/aromatic N) is 9. The quantitative estimate of drug-likeness (QED) is 0.191. The molecule has 108 heavy (non-hydrogen) atoms. The summed E-state index contributed by atoms with van der Waals surface area (Å²) in [7, 11) is 8.12. The highest BCUT2D eigenvalue weighted by Crippen LogP contribution is 2.46. The summed E-state index contributed by atoms with van der Waals surface area (Å²) >= 11 is 0. The van der Waals surface area contributed by atoms with Crippen molar-refractivity contribution in [2.24, 2.45) is 41.4 Å². The van der Waals surface area contributed by atoms with Crippen LogP contribution in [-0.4, -0.2) is 288 Å². The van der Waals surface area contributed by atoms with Crippen LogP contribution in [0.5, 0.6) is 0 Å². The van der Waals surface area contributed by atoms with Crippen molar-refractivity contribution in [1.29, 1.82) is 0 Å². The van der Waals surface area contributed by atoms with E-state index in [4.69, 9.17) is 4.74 Å². The molecule has 12 amide bonds. The van der Waals surface area contributed by atoms with Gasteiger partial charge in [-0.2, -0.15) is 26.3 Å². The second-order valence-corrected chi connectivity index (χ2v) is 32.9. The normalized spacial score (nSPS) is 32.6. The second kappa shape index (κ2) is 36.5. The number of ether oxygens (including phenoxy) is 1. The molecule has 33 heteroatoms. The number of nitrogens with one attached hydrogen (secondary N) is 3. The van der Waals surface area contributed by atoms with Crippen molar-refractivity contribution < 1.29 is 97.4 Å². The monoisotopic (exact) mass is 1540 g/mol. The van der Waals surface area contributed by atoms with E-state index in [9.17, 15) is 45.5 Å². The Morgan fingerprint density at radius 1 is 0.602 bits per heavy atom. The maximum Gasteiger partial charge on any atom is 0.397 e. The van der Waals surface area contributed by atoms with Gasteiger partial charge in [-0.3, -0.25) is 57.5 Å². The van der Waals surface area contributed by atoms with Crippen molar-refractivity contribution in [2.45, 2.75) is 267 Å². The number of alkyl halides is 8. The van der Waals surface area contributed by atoms with Crippen LogP contribution in [0.15, 0.2) is 0 Å². The highest BCUT2D eigenvalue weighted by molar-refractivity contribution is 6.02. The summed E-state index contributed by atoms with van der Waals surface area (Å²) < 4.78 is 121. The Bertz CT molecular complexity index is 3230. The lowest BCUT2D eigenvalue weighted by atomic mass is 9.74. The van der Waals surface area contributed by atoms with E-state index < -0.39 is 223 Å². The van der Waals surface area contributed by atoms with Gasteiger partial charge in [0.25, 0.3) is 0 Å². The maximum atomic E-state index is 15.7. The molecule has 1 spiro atoms. The van der Waals surface area contributed by atoms with Gasteiger partial charge in [0.15, 0.2) is 0 Å². The van der Waals surface area contributed by atoms with Gasteiger partial charge in [-0.05, 0) is 165 Å². The van der Waals surface area contributed by atoms with E-state index in [0.29, 0.717) is 44.9 Å². The smallest absolute Gasteiger partial charge is 0.378 e. The molecule has 4 aliphatic heterocycles. The number of halogens is 8. The molecule has 4 saturated carbocycles. The van der Waals surface area contributed by atoms with Crippen LogP contribution in [-0.2, 0) is 62.3 Å². The first-order valence-corrected chi connectivity index (χ1v) is 39.0. The molecule has 2 unspecified atom stereocenters. The van der Waals surface area contributed by atoms with Crippen molar-refractivity contribution in [1.82, 2.24) is 60.0 Å². The van der Waals surface area contributed by atoms with Gasteiger partial charge in [-0.15, -0.1) is 0 Å². The molecule has 8 rings (SSSR count). The van der Waals surface area contributed by atoms with Crippen LogP contribution in [0.2, 0.25) is 0 Å². The van der Waals surface area contributed by atoms with E-state index >= 15 is 47.1 Å². The number of amides is 12. The minimum absolute atomic E-state index is 0.00494. The number of carbonyl (C=O) groups excluding carboxylic acids is 12. The van der Waals surface area contributed by atoms with Crippen LogP contribution in [0.1, 0.15) is 189 Å². The maximum absolute atomic E-state index is 15.7. The summed E-state index contributed by atoms with van der Waals surface area (Å²) in [6.45, 7) is 7.48. The van der Waals surface area contributed by atoms with Gasteiger partial charge < -0.3 is 64.8 Å². The highest BCUT2D eigenvalue weighted by atomic mass is 19.4. The Labute approximate surface area is 629 Å². The SMILES string of the molecule is CC[C@H](C)[C@@H]1NC(=O)[C@H](CC(C)C)N(C)C(=O)C[C@@H](C(=O)N2CCOCC2)N(C)C(=O)[C@H](C2CCCC2)N(C)C(=O)C2(CCC2)NC(=O)[C@]2(C)CCCN2C(=O)[C@H](CCC2CC(F)C(C(F)(F)F)C(F)C2)NC(=O)CN(C)C(=O)[C@H](CC2CCC(C(F)(F)F)CC2)N2CCCC[C@@H](C2=O)N(C)C(=O)CN(C)C1=O. The number of hydrogen-bond acceptors (Lipinski definition) is 13.